The zero-order valence-electron chi connectivity index (χ0n) is 12.1. The van der Waals surface area contributed by atoms with Gasteiger partial charge in [-0.15, -0.1) is 0 Å². The molecule has 1 rings (SSSR count). The molecular weight excluding hydrogens is 242 g/mol. The van der Waals surface area contributed by atoms with E-state index >= 15 is 0 Å². The van der Waals surface area contributed by atoms with E-state index in [2.05, 4.69) is 13.8 Å². The van der Waals surface area contributed by atoms with Crippen LogP contribution >= 0.6 is 0 Å². The van der Waals surface area contributed by atoms with Crippen LogP contribution in [0.1, 0.15) is 50.8 Å². The fourth-order valence-corrected chi connectivity index (χ4v) is 1.95. The van der Waals surface area contributed by atoms with Gasteiger partial charge in [-0.05, 0) is 43.0 Å². The molecule has 1 unspecified atom stereocenters. The molecule has 1 aromatic carbocycles. The zero-order chi connectivity index (χ0) is 14.4. The number of hydrogen-bond donors (Lipinski definition) is 1. The van der Waals surface area contributed by atoms with Gasteiger partial charge < -0.3 is 15.2 Å². The van der Waals surface area contributed by atoms with Crippen molar-refractivity contribution in [3.63, 3.8) is 0 Å². The molecule has 106 valence electrons. The van der Waals surface area contributed by atoms with E-state index < -0.39 is 12.0 Å². The molecule has 4 nitrogen and oxygen atoms in total. The fraction of sp³-hybridized carbons (Fsp3) is 0.533. The van der Waals surface area contributed by atoms with Gasteiger partial charge in [0.2, 0.25) is 0 Å². The number of nitrogens with two attached hydrogens (primary N) is 1. The summed E-state index contributed by atoms with van der Waals surface area (Å²) in [5, 5.41) is 0. The molecule has 0 saturated heterocycles. The van der Waals surface area contributed by atoms with E-state index in [1.54, 1.807) is 6.92 Å². The second kappa shape index (κ2) is 7.14. The lowest BCUT2D eigenvalue weighted by atomic mass is 9.93. The molecule has 0 bridgehead atoms. The number of carbonyl (C=O) groups is 1. The maximum absolute atomic E-state index is 11.8. The van der Waals surface area contributed by atoms with Crippen molar-refractivity contribution in [3.05, 3.63) is 29.3 Å². The van der Waals surface area contributed by atoms with Gasteiger partial charge in [0.15, 0.2) is 0 Å². The Kier molecular flexibility index (Phi) is 5.83. The summed E-state index contributed by atoms with van der Waals surface area (Å²) in [5.41, 5.74) is 7.79. The summed E-state index contributed by atoms with van der Waals surface area (Å²) in [6.07, 6.45) is 0. The molecule has 1 aromatic rings. The molecule has 0 aromatic heterocycles. The molecule has 0 radical (unpaired) electrons. The number of hydrogen-bond acceptors (Lipinski definition) is 4. The van der Waals surface area contributed by atoms with Gasteiger partial charge >= 0.3 is 5.97 Å². The van der Waals surface area contributed by atoms with Gasteiger partial charge in [-0.3, -0.25) is 0 Å². The van der Waals surface area contributed by atoms with Gasteiger partial charge in [0, 0.05) is 0 Å². The molecule has 0 fully saturated rings. The van der Waals surface area contributed by atoms with Crippen molar-refractivity contribution < 1.29 is 14.3 Å². The Hall–Kier alpha value is -1.55. The zero-order valence-corrected chi connectivity index (χ0v) is 12.1. The van der Waals surface area contributed by atoms with E-state index in [-0.39, 0.29) is 5.92 Å². The first-order valence-corrected chi connectivity index (χ1v) is 6.70. The maximum atomic E-state index is 11.8. The Morgan fingerprint density at radius 3 is 2.42 bits per heavy atom. The minimum absolute atomic E-state index is 0.260. The van der Waals surface area contributed by atoms with E-state index in [4.69, 9.17) is 15.2 Å². The van der Waals surface area contributed by atoms with E-state index in [9.17, 15) is 4.79 Å². The Bertz CT molecular complexity index is 429. The van der Waals surface area contributed by atoms with E-state index in [0.717, 1.165) is 16.9 Å². The minimum Gasteiger partial charge on any atom is -0.494 e. The monoisotopic (exact) mass is 265 g/mol. The van der Waals surface area contributed by atoms with E-state index in [1.807, 2.05) is 25.1 Å². The first kappa shape index (κ1) is 15.5. The highest BCUT2D eigenvalue weighted by Crippen LogP contribution is 2.28. The van der Waals surface area contributed by atoms with Crippen molar-refractivity contribution >= 4 is 5.97 Å². The van der Waals surface area contributed by atoms with Crippen molar-refractivity contribution in [1.29, 1.82) is 0 Å². The highest BCUT2D eigenvalue weighted by molar-refractivity contribution is 5.78. The molecule has 19 heavy (non-hydrogen) atoms. The van der Waals surface area contributed by atoms with Gasteiger partial charge in [-0.1, -0.05) is 19.9 Å². The standard InChI is InChI=1S/C15H23NO3/c1-5-18-11-7-8-12(13(9-11)10(3)4)14(16)15(17)19-6-2/h7-10,14H,5-6,16H2,1-4H3. The van der Waals surface area contributed by atoms with Crippen molar-refractivity contribution in [3.8, 4) is 5.75 Å². The van der Waals surface area contributed by atoms with Crippen LogP contribution < -0.4 is 10.5 Å². The van der Waals surface area contributed by atoms with Crippen LogP contribution in [0.5, 0.6) is 5.75 Å². The molecule has 0 amide bonds. The molecule has 2 N–H and O–H groups in total. The average molecular weight is 265 g/mol. The van der Waals surface area contributed by atoms with Crippen LogP contribution in [-0.2, 0) is 9.53 Å². The van der Waals surface area contributed by atoms with Crippen molar-refractivity contribution in [2.75, 3.05) is 13.2 Å². The van der Waals surface area contributed by atoms with Gasteiger partial charge in [0.05, 0.1) is 13.2 Å². The maximum Gasteiger partial charge on any atom is 0.327 e. The average Bonchev–Trinajstić information content (AvgIpc) is 2.38. The van der Waals surface area contributed by atoms with Gasteiger partial charge in [-0.2, -0.15) is 0 Å². The Labute approximate surface area is 114 Å². The third-order valence-corrected chi connectivity index (χ3v) is 2.87. The molecule has 0 saturated carbocycles. The van der Waals surface area contributed by atoms with E-state index in [0.29, 0.717) is 13.2 Å². The molecule has 0 aliphatic carbocycles. The van der Waals surface area contributed by atoms with Crippen LogP contribution in [0.15, 0.2) is 18.2 Å². The first-order valence-electron chi connectivity index (χ1n) is 6.70. The number of rotatable bonds is 6. The van der Waals surface area contributed by atoms with E-state index in [1.165, 1.54) is 0 Å². The van der Waals surface area contributed by atoms with Crippen LogP contribution in [0.3, 0.4) is 0 Å². The Morgan fingerprint density at radius 2 is 1.89 bits per heavy atom. The molecule has 4 heteroatoms. The van der Waals surface area contributed by atoms with Crippen molar-refractivity contribution in [1.82, 2.24) is 0 Å². The van der Waals surface area contributed by atoms with Crippen LogP contribution in [0.25, 0.3) is 0 Å². The number of benzene rings is 1. The lowest BCUT2D eigenvalue weighted by Crippen LogP contribution is -2.25. The molecule has 0 aliphatic rings. The first-order chi connectivity index (χ1) is 9.01. The predicted octanol–water partition coefficient (Wildman–Crippen LogP) is 2.77. The lowest BCUT2D eigenvalue weighted by molar-refractivity contribution is -0.144. The lowest BCUT2D eigenvalue weighted by Gasteiger charge is -2.18. The second-order valence-electron chi connectivity index (χ2n) is 4.61. The van der Waals surface area contributed by atoms with Crippen molar-refractivity contribution in [2.45, 2.75) is 39.7 Å². The largest absolute Gasteiger partial charge is 0.494 e. The van der Waals surface area contributed by atoms with Gasteiger partial charge in [0.1, 0.15) is 11.8 Å². The summed E-state index contributed by atoms with van der Waals surface area (Å²) in [6.45, 7) is 8.78. The summed E-state index contributed by atoms with van der Waals surface area (Å²) in [5.74, 6) is 0.662. The molecule has 0 spiro atoms. The Morgan fingerprint density at radius 1 is 1.21 bits per heavy atom. The summed E-state index contributed by atoms with van der Waals surface area (Å²) in [4.78, 5) is 11.8. The quantitative estimate of drug-likeness (QED) is 0.803. The third-order valence-electron chi connectivity index (χ3n) is 2.87. The van der Waals surface area contributed by atoms with Gasteiger partial charge in [-0.25, -0.2) is 4.79 Å². The second-order valence-corrected chi connectivity index (χ2v) is 4.61. The highest BCUT2D eigenvalue weighted by Gasteiger charge is 2.21. The number of ether oxygens (including phenoxy) is 2. The summed E-state index contributed by atoms with van der Waals surface area (Å²) in [7, 11) is 0. The highest BCUT2D eigenvalue weighted by atomic mass is 16.5. The summed E-state index contributed by atoms with van der Waals surface area (Å²) >= 11 is 0. The summed E-state index contributed by atoms with van der Waals surface area (Å²) < 4.78 is 10.5. The SMILES string of the molecule is CCOC(=O)C(N)c1ccc(OCC)cc1C(C)C. The third kappa shape index (κ3) is 3.96. The van der Waals surface area contributed by atoms with Gasteiger partial charge in [0.25, 0.3) is 0 Å². The van der Waals surface area contributed by atoms with Crippen LogP contribution in [-0.4, -0.2) is 19.2 Å². The van der Waals surface area contributed by atoms with Crippen molar-refractivity contribution in [2.24, 2.45) is 5.73 Å². The topological polar surface area (TPSA) is 61.5 Å². The minimum atomic E-state index is -0.743. The summed E-state index contributed by atoms with van der Waals surface area (Å²) in [6, 6.07) is 4.89. The smallest absolute Gasteiger partial charge is 0.327 e. The molecule has 0 heterocycles. The predicted molar refractivity (Wildman–Crippen MR) is 75.3 cm³/mol. The number of carbonyl (C=O) groups excluding carboxylic acids is 1. The number of esters is 1. The van der Waals surface area contributed by atoms with Crippen LogP contribution in [0.4, 0.5) is 0 Å². The normalized spacial score (nSPS) is 12.3. The molecule has 1 atom stereocenters. The molecule has 0 aliphatic heterocycles. The molecular formula is C15H23NO3. The van der Waals surface area contributed by atoms with Crippen LogP contribution in [0, 0.1) is 0 Å². The fourth-order valence-electron chi connectivity index (χ4n) is 1.95. The van der Waals surface area contributed by atoms with Crippen LogP contribution in [0.2, 0.25) is 0 Å². The Balaban J connectivity index is 3.08.